The van der Waals surface area contributed by atoms with E-state index in [4.69, 9.17) is 0 Å². The van der Waals surface area contributed by atoms with Gasteiger partial charge in [-0.05, 0) is 27.1 Å². The van der Waals surface area contributed by atoms with E-state index >= 15 is 0 Å². The van der Waals surface area contributed by atoms with E-state index in [-0.39, 0.29) is 0 Å². The van der Waals surface area contributed by atoms with Crippen molar-refractivity contribution >= 4 is 0 Å². The molecule has 0 amide bonds. The van der Waals surface area contributed by atoms with Crippen molar-refractivity contribution in [2.24, 2.45) is 0 Å². The molecule has 1 aromatic rings. The topological polar surface area (TPSA) is 36.3 Å². The summed E-state index contributed by atoms with van der Waals surface area (Å²) in [5, 5.41) is 3.45. The zero-order valence-electron chi connectivity index (χ0n) is 12.0. The zero-order chi connectivity index (χ0) is 13.2. The van der Waals surface area contributed by atoms with Crippen LogP contribution < -0.4 is 5.32 Å². The molecule has 5 heteroatoms. The molecule has 0 spiro atoms. The molecule has 1 aromatic heterocycles. The van der Waals surface area contributed by atoms with Crippen LogP contribution in [-0.2, 0) is 6.54 Å². The van der Waals surface area contributed by atoms with Gasteiger partial charge in [0.1, 0.15) is 0 Å². The van der Waals surface area contributed by atoms with Crippen LogP contribution in [0.25, 0.3) is 0 Å². The first-order chi connectivity index (χ1) is 9.24. The summed E-state index contributed by atoms with van der Waals surface area (Å²) in [4.78, 5) is 9.29. The molecule has 0 aromatic carbocycles. The van der Waals surface area contributed by atoms with Gasteiger partial charge in [0.25, 0.3) is 0 Å². The summed E-state index contributed by atoms with van der Waals surface area (Å²) in [5.41, 5.74) is 1.41. The number of rotatable bonds is 3. The highest BCUT2D eigenvalue weighted by atomic mass is 15.3. The van der Waals surface area contributed by atoms with Crippen molar-refractivity contribution in [2.75, 3.05) is 46.8 Å². The lowest BCUT2D eigenvalue weighted by atomic mass is 10.1. The fraction of sp³-hybridized carbons (Fsp3) is 0.786. The minimum Gasteiger partial charge on any atom is -0.333 e. The van der Waals surface area contributed by atoms with E-state index in [2.05, 4.69) is 45.0 Å². The first kappa shape index (κ1) is 13.1. The Kier molecular flexibility index (Phi) is 3.86. The molecular formula is C14H25N5. The van der Waals surface area contributed by atoms with E-state index in [0.717, 1.165) is 32.7 Å². The van der Waals surface area contributed by atoms with E-state index in [1.165, 1.54) is 18.7 Å². The first-order valence-electron chi connectivity index (χ1n) is 7.33. The number of imidazole rings is 1. The average Bonchev–Trinajstić information content (AvgIpc) is 3.03. The van der Waals surface area contributed by atoms with Crippen molar-refractivity contribution in [3.05, 3.63) is 18.2 Å². The maximum Gasteiger partial charge on any atom is 0.0948 e. The molecule has 2 aliphatic heterocycles. The Morgan fingerprint density at radius 3 is 3.05 bits per heavy atom. The lowest BCUT2D eigenvalue weighted by Crippen LogP contribution is -2.51. The van der Waals surface area contributed by atoms with Gasteiger partial charge in [-0.1, -0.05) is 0 Å². The molecule has 3 rings (SSSR count). The molecule has 2 unspecified atom stereocenters. The predicted molar refractivity (Wildman–Crippen MR) is 76.4 cm³/mol. The van der Waals surface area contributed by atoms with Gasteiger partial charge in [0.2, 0.25) is 0 Å². The van der Waals surface area contributed by atoms with Crippen LogP contribution >= 0.6 is 0 Å². The number of hydrogen-bond donors (Lipinski definition) is 1. The van der Waals surface area contributed by atoms with E-state index in [9.17, 15) is 0 Å². The van der Waals surface area contributed by atoms with Crippen molar-refractivity contribution < 1.29 is 0 Å². The van der Waals surface area contributed by atoms with Crippen LogP contribution in [0.5, 0.6) is 0 Å². The van der Waals surface area contributed by atoms with E-state index < -0.39 is 0 Å². The van der Waals surface area contributed by atoms with E-state index in [1.54, 1.807) is 0 Å². The van der Waals surface area contributed by atoms with Gasteiger partial charge in [0, 0.05) is 56.6 Å². The van der Waals surface area contributed by atoms with Crippen molar-refractivity contribution in [3.63, 3.8) is 0 Å². The minimum atomic E-state index is 0.598. The highest BCUT2D eigenvalue weighted by Crippen LogP contribution is 2.22. The molecule has 2 saturated heterocycles. The number of nitrogens with one attached hydrogen (secondary N) is 1. The smallest absolute Gasteiger partial charge is 0.0948 e. The van der Waals surface area contributed by atoms with Crippen LogP contribution in [0.2, 0.25) is 0 Å². The Balaban J connectivity index is 1.70. The molecule has 0 saturated carbocycles. The summed E-state index contributed by atoms with van der Waals surface area (Å²) in [7, 11) is 4.46. The number of aromatic nitrogens is 2. The standard InChI is InChI=1S/C14H25N5/c1-17-5-6-18(2)13(9-17)10-19-11-16-8-14(19)12-3-4-15-7-12/h8,11-13,15H,3-7,9-10H2,1-2H3. The zero-order valence-corrected chi connectivity index (χ0v) is 12.0. The van der Waals surface area contributed by atoms with Gasteiger partial charge >= 0.3 is 0 Å². The summed E-state index contributed by atoms with van der Waals surface area (Å²) in [6.45, 7) is 6.80. The Morgan fingerprint density at radius 1 is 1.37 bits per heavy atom. The van der Waals surface area contributed by atoms with Crippen molar-refractivity contribution in [2.45, 2.75) is 24.9 Å². The predicted octanol–water partition coefficient (Wildman–Crippen LogP) is 0.206. The number of likely N-dealkylation sites (N-methyl/N-ethyl adjacent to an activating group) is 2. The molecule has 106 valence electrons. The summed E-state index contributed by atoms with van der Waals surface area (Å²) in [6.07, 6.45) is 5.31. The molecule has 2 atom stereocenters. The van der Waals surface area contributed by atoms with Crippen molar-refractivity contribution in [3.8, 4) is 0 Å². The van der Waals surface area contributed by atoms with Gasteiger partial charge < -0.3 is 14.8 Å². The van der Waals surface area contributed by atoms with Gasteiger partial charge in [0.05, 0.1) is 6.33 Å². The van der Waals surface area contributed by atoms with Crippen LogP contribution in [0.1, 0.15) is 18.0 Å². The quantitative estimate of drug-likeness (QED) is 0.845. The second-order valence-electron chi connectivity index (χ2n) is 6.06. The molecule has 0 bridgehead atoms. The Bertz CT molecular complexity index is 410. The lowest BCUT2D eigenvalue weighted by molar-refractivity contribution is 0.102. The Hall–Kier alpha value is -0.910. The van der Waals surface area contributed by atoms with Crippen LogP contribution in [-0.4, -0.2) is 72.2 Å². The average molecular weight is 263 g/mol. The molecule has 5 nitrogen and oxygen atoms in total. The minimum absolute atomic E-state index is 0.598. The normalized spacial score (nSPS) is 30.0. The third-order valence-electron chi connectivity index (χ3n) is 4.61. The number of hydrogen-bond acceptors (Lipinski definition) is 4. The van der Waals surface area contributed by atoms with E-state index in [0.29, 0.717) is 12.0 Å². The summed E-state index contributed by atoms with van der Waals surface area (Å²) < 4.78 is 2.37. The second kappa shape index (κ2) is 5.61. The Morgan fingerprint density at radius 2 is 2.26 bits per heavy atom. The van der Waals surface area contributed by atoms with Crippen LogP contribution in [0, 0.1) is 0 Å². The third kappa shape index (κ3) is 2.83. The lowest BCUT2D eigenvalue weighted by Gasteiger charge is -2.38. The molecule has 0 aliphatic carbocycles. The van der Waals surface area contributed by atoms with Crippen LogP contribution in [0.15, 0.2) is 12.5 Å². The second-order valence-corrected chi connectivity index (χ2v) is 6.06. The first-order valence-corrected chi connectivity index (χ1v) is 7.33. The molecule has 19 heavy (non-hydrogen) atoms. The van der Waals surface area contributed by atoms with Gasteiger partial charge in [0.15, 0.2) is 0 Å². The van der Waals surface area contributed by atoms with Crippen LogP contribution in [0.4, 0.5) is 0 Å². The third-order valence-corrected chi connectivity index (χ3v) is 4.61. The fourth-order valence-corrected chi connectivity index (χ4v) is 3.26. The molecular weight excluding hydrogens is 238 g/mol. The van der Waals surface area contributed by atoms with Crippen molar-refractivity contribution in [1.82, 2.24) is 24.7 Å². The highest BCUT2D eigenvalue weighted by molar-refractivity contribution is 5.09. The molecule has 1 N–H and O–H groups in total. The number of nitrogens with zero attached hydrogens (tertiary/aromatic N) is 4. The summed E-state index contributed by atoms with van der Waals surface area (Å²) in [5.74, 6) is 0.647. The Labute approximate surface area is 115 Å². The number of piperazine rings is 1. The highest BCUT2D eigenvalue weighted by Gasteiger charge is 2.25. The monoisotopic (exact) mass is 263 g/mol. The fourth-order valence-electron chi connectivity index (χ4n) is 3.26. The van der Waals surface area contributed by atoms with Gasteiger partial charge in [-0.3, -0.25) is 4.90 Å². The van der Waals surface area contributed by atoms with Crippen LogP contribution in [0.3, 0.4) is 0 Å². The molecule has 2 fully saturated rings. The summed E-state index contributed by atoms with van der Waals surface area (Å²) in [6, 6.07) is 0.598. The molecule has 3 heterocycles. The van der Waals surface area contributed by atoms with Gasteiger partial charge in [-0.15, -0.1) is 0 Å². The summed E-state index contributed by atoms with van der Waals surface area (Å²) >= 11 is 0. The van der Waals surface area contributed by atoms with E-state index in [1.807, 2.05) is 6.33 Å². The molecule has 2 aliphatic rings. The van der Waals surface area contributed by atoms with Gasteiger partial charge in [-0.2, -0.15) is 0 Å². The van der Waals surface area contributed by atoms with Crippen molar-refractivity contribution in [1.29, 1.82) is 0 Å². The van der Waals surface area contributed by atoms with Gasteiger partial charge in [-0.25, -0.2) is 4.98 Å². The largest absolute Gasteiger partial charge is 0.333 e. The maximum atomic E-state index is 4.38. The SMILES string of the molecule is CN1CCN(C)C(Cn2cncc2C2CCNC2)C1. The maximum absolute atomic E-state index is 4.38. The molecule has 0 radical (unpaired) electrons.